The van der Waals surface area contributed by atoms with Crippen LogP contribution in [0.4, 0.5) is 5.82 Å². The molecule has 0 saturated carbocycles. The van der Waals surface area contributed by atoms with Crippen molar-refractivity contribution in [1.82, 2.24) is 4.98 Å². The summed E-state index contributed by atoms with van der Waals surface area (Å²) in [6.45, 7) is 3.61. The van der Waals surface area contributed by atoms with Gasteiger partial charge in [-0.05, 0) is 23.6 Å². The van der Waals surface area contributed by atoms with Crippen molar-refractivity contribution in [3.63, 3.8) is 0 Å². The van der Waals surface area contributed by atoms with Gasteiger partial charge in [-0.15, -0.1) is 0 Å². The second-order valence-corrected chi connectivity index (χ2v) is 3.42. The highest BCUT2D eigenvalue weighted by Crippen LogP contribution is 2.21. The van der Waals surface area contributed by atoms with Gasteiger partial charge in [0.2, 0.25) is 5.91 Å². The Balaban J connectivity index is 2.30. The third kappa shape index (κ3) is 2.13. The molecule has 0 aliphatic carbocycles. The first kappa shape index (κ1) is 9.65. The predicted octanol–water partition coefficient (Wildman–Crippen LogP) is 2.17. The first-order valence-corrected chi connectivity index (χ1v) is 4.87. The lowest BCUT2D eigenvalue weighted by Gasteiger charge is -2.15. The SMILES string of the molecule is C=C/C=C/c1cnc2c(c1)CCC(=O)N2. The van der Waals surface area contributed by atoms with Crippen LogP contribution in [0.1, 0.15) is 17.5 Å². The largest absolute Gasteiger partial charge is 0.310 e. The van der Waals surface area contributed by atoms with Crippen LogP contribution in [0, 0.1) is 0 Å². The average molecular weight is 200 g/mol. The fraction of sp³-hybridized carbons (Fsp3) is 0.167. The van der Waals surface area contributed by atoms with Crippen molar-refractivity contribution < 1.29 is 4.79 Å². The number of fused-ring (bicyclic) bond motifs is 1. The second-order valence-electron chi connectivity index (χ2n) is 3.42. The van der Waals surface area contributed by atoms with Crippen molar-refractivity contribution in [2.45, 2.75) is 12.8 Å². The van der Waals surface area contributed by atoms with Crippen molar-refractivity contribution in [3.05, 3.63) is 42.1 Å². The van der Waals surface area contributed by atoms with Crippen LogP contribution in [0.3, 0.4) is 0 Å². The normalized spacial score (nSPS) is 14.8. The Morgan fingerprint density at radius 2 is 2.33 bits per heavy atom. The Kier molecular flexibility index (Phi) is 2.63. The Morgan fingerprint density at radius 3 is 3.13 bits per heavy atom. The summed E-state index contributed by atoms with van der Waals surface area (Å²) in [6.07, 6.45) is 8.58. The summed E-state index contributed by atoms with van der Waals surface area (Å²) in [5, 5.41) is 2.75. The first-order valence-electron chi connectivity index (χ1n) is 4.87. The minimum Gasteiger partial charge on any atom is -0.310 e. The van der Waals surface area contributed by atoms with Crippen molar-refractivity contribution in [2.24, 2.45) is 0 Å². The topological polar surface area (TPSA) is 42.0 Å². The zero-order chi connectivity index (χ0) is 10.7. The molecule has 76 valence electrons. The van der Waals surface area contributed by atoms with Crippen molar-refractivity contribution in [3.8, 4) is 0 Å². The molecule has 0 atom stereocenters. The van der Waals surface area contributed by atoms with E-state index in [1.807, 2.05) is 18.2 Å². The van der Waals surface area contributed by atoms with Crippen LogP contribution in [0.5, 0.6) is 0 Å². The molecule has 1 aromatic heterocycles. The van der Waals surface area contributed by atoms with E-state index in [4.69, 9.17) is 0 Å². The number of nitrogens with one attached hydrogen (secondary N) is 1. The summed E-state index contributed by atoms with van der Waals surface area (Å²) in [5.41, 5.74) is 2.13. The van der Waals surface area contributed by atoms with Gasteiger partial charge in [0.15, 0.2) is 0 Å². The molecule has 0 fully saturated rings. The lowest BCUT2D eigenvalue weighted by Crippen LogP contribution is -2.20. The number of amides is 1. The highest BCUT2D eigenvalue weighted by Gasteiger charge is 2.15. The van der Waals surface area contributed by atoms with Crippen LogP contribution in [-0.4, -0.2) is 10.9 Å². The van der Waals surface area contributed by atoms with Gasteiger partial charge in [-0.3, -0.25) is 4.79 Å². The number of anilines is 1. The molecule has 0 unspecified atom stereocenters. The molecule has 0 radical (unpaired) electrons. The maximum Gasteiger partial charge on any atom is 0.225 e. The monoisotopic (exact) mass is 200 g/mol. The molecule has 1 N–H and O–H groups in total. The summed E-state index contributed by atoms with van der Waals surface area (Å²) < 4.78 is 0. The van der Waals surface area contributed by atoms with E-state index in [1.54, 1.807) is 12.3 Å². The number of carbonyl (C=O) groups is 1. The quantitative estimate of drug-likeness (QED) is 0.743. The van der Waals surface area contributed by atoms with E-state index in [9.17, 15) is 4.79 Å². The minimum absolute atomic E-state index is 0.0457. The van der Waals surface area contributed by atoms with Gasteiger partial charge in [-0.25, -0.2) is 4.98 Å². The highest BCUT2D eigenvalue weighted by molar-refractivity contribution is 5.92. The number of hydrogen-bond acceptors (Lipinski definition) is 2. The van der Waals surface area contributed by atoms with Gasteiger partial charge in [-0.2, -0.15) is 0 Å². The van der Waals surface area contributed by atoms with Gasteiger partial charge in [0.1, 0.15) is 5.82 Å². The number of nitrogens with zero attached hydrogens (tertiary/aromatic N) is 1. The molecule has 0 saturated heterocycles. The van der Waals surface area contributed by atoms with Crippen molar-refractivity contribution >= 4 is 17.8 Å². The van der Waals surface area contributed by atoms with Crippen LogP contribution in [0.15, 0.2) is 31.0 Å². The molecular formula is C12H12N2O. The number of pyridine rings is 1. The molecule has 1 aromatic rings. The van der Waals surface area contributed by atoms with Gasteiger partial charge >= 0.3 is 0 Å². The molecule has 1 amide bonds. The van der Waals surface area contributed by atoms with Crippen LogP contribution in [0.2, 0.25) is 0 Å². The highest BCUT2D eigenvalue weighted by atomic mass is 16.1. The van der Waals surface area contributed by atoms with E-state index in [0.29, 0.717) is 12.2 Å². The third-order valence-corrected chi connectivity index (χ3v) is 2.29. The van der Waals surface area contributed by atoms with E-state index >= 15 is 0 Å². The average Bonchev–Trinajstić information content (AvgIpc) is 2.26. The number of aromatic nitrogens is 1. The summed E-state index contributed by atoms with van der Waals surface area (Å²) >= 11 is 0. The van der Waals surface area contributed by atoms with Crippen LogP contribution in [-0.2, 0) is 11.2 Å². The van der Waals surface area contributed by atoms with Gasteiger partial charge in [0.05, 0.1) is 0 Å². The number of rotatable bonds is 2. The second kappa shape index (κ2) is 4.09. The van der Waals surface area contributed by atoms with E-state index < -0.39 is 0 Å². The molecule has 1 aliphatic heterocycles. The van der Waals surface area contributed by atoms with E-state index in [1.165, 1.54) is 0 Å². The van der Waals surface area contributed by atoms with Crippen molar-refractivity contribution in [2.75, 3.05) is 5.32 Å². The van der Waals surface area contributed by atoms with Gasteiger partial charge in [0, 0.05) is 12.6 Å². The maximum absolute atomic E-state index is 11.1. The maximum atomic E-state index is 11.1. The molecule has 0 aromatic carbocycles. The Labute approximate surface area is 88.5 Å². The number of carbonyl (C=O) groups excluding carboxylic acids is 1. The summed E-state index contributed by atoms with van der Waals surface area (Å²) in [4.78, 5) is 15.3. The third-order valence-electron chi connectivity index (χ3n) is 2.29. The Bertz CT molecular complexity index is 435. The predicted molar refractivity (Wildman–Crippen MR) is 60.4 cm³/mol. The number of hydrogen-bond donors (Lipinski definition) is 1. The molecule has 0 spiro atoms. The fourth-order valence-corrected chi connectivity index (χ4v) is 1.54. The Morgan fingerprint density at radius 1 is 1.47 bits per heavy atom. The van der Waals surface area contributed by atoms with E-state index in [0.717, 1.165) is 17.5 Å². The standard InChI is InChI=1S/C12H12N2O/c1-2-3-4-9-7-10-5-6-11(15)14-12(10)13-8-9/h2-4,7-8H,1,5-6H2,(H,13,14,15)/b4-3+. The molecule has 1 aliphatic rings. The van der Waals surface area contributed by atoms with Crippen LogP contribution < -0.4 is 5.32 Å². The van der Waals surface area contributed by atoms with E-state index in [2.05, 4.69) is 16.9 Å². The minimum atomic E-state index is 0.0457. The number of aryl methyl sites for hydroxylation is 1. The van der Waals surface area contributed by atoms with E-state index in [-0.39, 0.29) is 5.91 Å². The van der Waals surface area contributed by atoms with Gasteiger partial charge in [0.25, 0.3) is 0 Å². The molecule has 3 heteroatoms. The van der Waals surface area contributed by atoms with Gasteiger partial charge in [-0.1, -0.05) is 24.8 Å². The summed E-state index contributed by atoms with van der Waals surface area (Å²) in [5.74, 6) is 0.742. The zero-order valence-electron chi connectivity index (χ0n) is 8.36. The van der Waals surface area contributed by atoms with Crippen LogP contribution >= 0.6 is 0 Å². The molecule has 15 heavy (non-hydrogen) atoms. The van der Waals surface area contributed by atoms with Crippen molar-refractivity contribution in [1.29, 1.82) is 0 Å². The van der Waals surface area contributed by atoms with Crippen LogP contribution in [0.25, 0.3) is 6.08 Å². The smallest absolute Gasteiger partial charge is 0.225 e. The molecule has 2 rings (SSSR count). The molecule has 3 nitrogen and oxygen atoms in total. The first-order chi connectivity index (χ1) is 7.29. The molecular weight excluding hydrogens is 188 g/mol. The van der Waals surface area contributed by atoms with Gasteiger partial charge < -0.3 is 5.32 Å². The summed E-state index contributed by atoms with van der Waals surface area (Å²) in [7, 11) is 0. The molecule has 2 heterocycles. The lowest BCUT2D eigenvalue weighted by atomic mass is 10.0. The zero-order valence-corrected chi connectivity index (χ0v) is 8.36. The lowest BCUT2D eigenvalue weighted by molar-refractivity contribution is -0.116. The fourth-order valence-electron chi connectivity index (χ4n) is 1.54. The summed E-state index contributed by atoms with van der Waals surface area (Å²) in [6, 6.07) is 2.04. The Hall–Kier alpha value is -1.90. The molecule has 0 bridgehead atoms. The number of allylic oxidation sites excluding steroid dienone is 2.